The number of hydrogen-bond donors (Lipinski definition) is 0. The summed E-state index contributed by atoms with van der Waals surface area (Å²) in [5.74, 6) is -1.14. The Labute approximate surface area is 187 Å². The van der Waals surface area contributed by atoms with Gasteiger partial charge in [0.1, 0.15) is 36.5 Å². The Hall–Kier alpha value is -1.90. The van der Waals surface area contributed by atoms with Crippen molar-refractivity contribution in [3.05, 3.63) is 66.2 Å². The molecule has 0 unspecified atom stereocenters. The minimum Gasteiger partial charge on any atom is -0.463 e. The molecular weight excluding hydrogens is 416 g/mol. The molecule has 0 radical (unpaired) electrons. The summed E-state index contributed by atoms with van der Waals surface area (Å²) in [6.07, 6.45) is -1.57. The summed E-state index contributed by atoms with van der Waals surface area (Å²) in [5.41, 5.74) is 0.716. The van der Waals surface area contributed by atoms with Crippen molar-refractivity contribution in [2.45, 2.75) is 67.9 Å². The molecule has 7 heteroatoms. The highest BCUT2D eigenvalue weighted by Gasteiger charge is 2.56. The van der Waals surface area contributed by atoms with Gasteiger partial charge >= 0.3 is 5.97 Å². The number of hydrogen-bond acceptors (Lipinski definition) is 7. The number of carbonyl (C=O) groups excluding carboxylic acids is 1. The first-order chi connectivity index (χ1) is 14.9. The van der Waals surface area contributed by atoms with Crippen molar-refractivity contribution < 1.29 is 28.5 Å². The highest BCUT2D eigenvalue weighted by Crippen LogP contribution is 2.43. The number of fused-ring (bicyclic) bond motifs is 1. The molecule has 2 aliphatic heterocycles. The van der Waals surface area contributed by atoms with Crippen LogP contribution in [-0.2, 0) is 35.1 Å². The Morgan fingerprint density at radius 3 is 2.32 bits per heavy atom. The Morgan fingerprint density at radius 2 is 1.65 bits per heavy atom. The average Bonchev–Trinajstić information content (AvgIpc) is 3.08. The van der Waals surface area contributed by atoms with E-state index in [0.29, 0.717) is 6.61 Å². The summed E-state index contributed by atoms with van der Waals surface area (Å²) in [6, 6.07) is 20.0. The van der Waals surface area contributed by atoms with Gasteiger partial charge in [-0.2, -0.15) is 0 Å². The lowest BCUT2D eigenvalue weighted by Gasteiger charge is -2.41. The molecule has 4 rings (SSSR count). The molecule has 0 spiro atoms. The number of benzene rings is 2. The molecule has 0 N–H and O–H groups in total. The fraction of sp³-hybridized carbons (Fsp3) is 0.458. The monoisotopic (exact) mass is 444 g/mol. The van der Waals surface area contributed by atoms with E-state index in [-0.39, 0.29) is 30.2 Å². The fourth-order valence-electron chi connectivity index (χ4n) is 3.84. The maximum absolute atomic E-state index is 11.4. The number of rotatable bonds is 7. The van der Waals surface area contributed by atoms with Crippen molar-refractivity contribution in [3.63, 3.8) is 0 Å². The maximum atomic E-state index is 11.4. The summed E-state index contributed by atoms with van der Waals surface area (Å²) in [4.78, 5) is 12.5. The molecular formula is C24H28O6S. The van der Waals surface area contributed by atoms with Crippen LogP contribution in [0.25, 0.3) is 0 Å². The van der Waals surface area contributed by atoms with E-state index in [1.807, 2.05) is 74.5 Å². The zero-order valence-corrected chi connectivity index (χ0v) is 18.7. The molecule has 2 fully saturated rings. The topological polar surface area (TPSA) is 63.2 Å². The van der Waals surface area contributed by atoms with Gasteiger partial charge in [0.25, 0.3) is 0 Å². The van der Waals surface area contributed by atoms with E-state index in [9.17, 15) is 4.79 Å². The molecule has 2 aromatic rings. The third-order valence-corrected chi connectivity index (χ3v) is 6.32. The summed E-state index contributed by atoms with van der Waals surface area (Å²) in [7, 11) is 0. The van der Waals surface area contributed by atoms with Crippen molar-refractivity contribution in [1.29, 1.82) is 0 Å². The second-order valence-electron chi connectivity index (χ2n) is 8.10. The minimum absolute atomic E-state index is 0.104. The van der Waals surface area contributed by atoms with Gasteiger partial charge in [-0.05, 0) is 31.5 Å². The molecule has 0 aliphatic carbocycles. The molecule has 2 heterocycles. The second-order valence-corrected chi connectivity index (χ2v) is 9.27. The van der Waals surface area contributed by atoms with Crippen LogP contribution in [0, 0.1) is 0 Å². The van der Waals surface area contributed by atoms with Gasteiger partial charge in [-0.25, -0.2) is 0 Å². The van der Waals surface area contributed by atoms with Crippen molar-refractivity contribution in [1.82, 2.24) is 0 Å². The van der Waals surface area contributed by atoms with Gasteiger partial charge in [-0.3, -0.25) is 4.79 Å². The molecule has 2 saturated heterocycles. The normalized spacial score (nSPS) is 29.3. The quantitative estimate of drug-likeness (QED) is 0.594. The van der Waals surface area contributed by atoms with E-state index in [0.717, 1.165) is 10.5 Å². The van der Waals surface area contributed by atoms with Crippen LogP contribution in [0.2, 0.25) is 0 Å². The zero-order chi connectivity index (χ0) is 21.8. The molecule has 0 saturated carbocycles. The number of carbonyl (C=O) groups is 1. The third kappa shape index (κ3) is 5.67. The first-order valence-corrected chi connectivity index (χ1v) is 11.3. The molecule has 166 valence electrons. The largest absolute Gasteiger partial charge is 0.463 e. The van der Waals surface area contributed by atoms with E-state index < -0.39 is 18.0 Å². The highest BCUT2D eigenvalue weighted by atomic mass is 32.2. The predicted octanol–water partition coefficient (Wildman–Crippen LogP) is 4.17. The lowest BCUT2D eigenvalue weighted by Crippen LogP contribution is -2.57. The van der Waals surface area contributed by atoms with Crippen LogP contribution >= 0.6 is 11.8 Å². The predicted molar refractivity (Wildman–Crippen MR) is 116 cm³/mol. The maximum Gasteiger partial charge on any atom is 0.302 e. The first kappa shape index (κ1) is 22.3. The summed E-state index contributed by atoms with van der Waals surface area (Å²) >= 11 is 1.57. The van der Waals surface area contributed by atoms with Crippen molar-refractivity contribution in [2.24, 2.45) is 0 Å². The molecule has 0 aromatic heterocycles. The first-order valence-electron chi connectivity index (χ1n) is 10.4. The van der Waals surface area contributed by atoms with E-state index in [4.69, 9.17) is 23.7 Å². The fourth-order valence-corrected chi connectivity index (χ4v) is 4.99. The summed E-state index contributed by atoms with van der Waals surface area (Å²) < 4.78 is 30.5. The van der Waals surface area contributed by atoms with Gasteiger partial charge in [0, 0.05) is 11.8 Å². The van der Waals surface area contributed by atoms with Gasteiger partial charge < -0.3 is 23.7 Å². The SMILES string of the molecule is CC(=O)OC[C@H]1O[C@@H](Sc2ccccc2)[C@H](OCc2ccccc2)[C@H]2OC(C)(C)O[C@H]21. The third-order valence-electron chi connectivity index (χ3n) is 5.16. The number of esters is 1. The Balaban J connectivity index is 1.58. The average molecular weight is 445 g/mol. The van der Waals surface area contributed by atoms with Crippen LogP contribution in [0.15, 0.2) is 65.6 Å². The van der Waals surface area contributed by atoms with Gasteiger partial charge in [0.05, 0.1) is 6.61 Å². The molecule has 6 nitrogen and oxygen atoms in total. The standard InChI is InChI=1S/C24H28O6S/c1-16(25)26-15-19-20-21(30-24(2,3)29-20)22(27-14-17-10-6-4-7-11-17)23(28-19)31-18-12-8-5-9-13-18/h4-13,19-23H,14-15H2,1-3H3/t19-,20+,21+,22-,23+/m1/s1. The number of thioether (sulfide) groups is 1. The van der Waals surface area contributed by atoms with Gasteiger partial charge in [0.2, 0.25) is 0 Å². The molecule has 2 aromatic carbocycles. The van der Waals surface area contributed by atoms with Crippen molar-refractivity contribution in [2.75, 3.05) is 6.61 Å². The van der Waals surface area contributed by atoms with E-state index in [2.05, 4.69) is 0 Å². The zero-order valence-electron chi connectivity index (χ0n) is 17.9. The lowest BCUT2D eigenvalue weighted by molar-refractivity contribution is -0.193. The molecule has 0 bridgehead atoms. The van der Waals surface area contributed by atoms with Crippen LogP contribution in [0.1, 0.15) is 26.3 Å². The summed E-state index contributed by atoms with van der Waals surface area (Å²) in [6.45, 7) is 5.68. The smallest absolute Gasteiger partial charge is 0.302 e. The van der Waals surface area contributed by atoms with Gasteiger partial charge in [0.15, 0.2) is 5.79 Å². The second kappa shape index (κ2) is 9.71. The van der Waals surface area contributed by atoms with Crippen LogP contribution in [0.4, 0.5) is 0 Å². The Morgan fingerprint density at radius 1 is 1.00 bits per heavy atom. The molecule has 2 aliphatic rings. The Kier molecular flexibility index (Phi) is 6.99. The van der Waals surface area contributed by atoms with Crippen molar-refractivity contribution >= 4 is 17.7 Å². The lowest BCUT2D eigenvalue weighted by atomic mass is 10.00. The minimum atomic E-state index is -0.784. The van der Waals surface area contributed by atoms with Crippen LogP contribution in [0.3, 0.4) is 0 Å². The van der Waals surface area contributed by atoms with Crippen LogP contribution in [-0.4, -0.2) is 48.2 Å². The molecule has 31 heavy (non-hydrogen) atoms. The molecule has 5 atom stereocenters. The highest BCUT2D eigenvalue weighted by molar-refractivity contribution is 7.99. The van der Waals surface area contributed by atoms with Crippen LogP contribution in [0.5, 0.6) is 0 Å². The van der Waals surface area contributed by atoms with Crippen LogP contribution < -0.4 is 0 Å². The Bertz CT molecular complexity index is 859. The molecule has 0 amide bonds. The van der Waals surface area contributed by atoms with E-state index in [1.165, 1.54) is 6.92 Å². The van der Waals surface area contributed by atoms with Gasteiger partial charge in [-0.1, -0.05) is 60.3 Å². The van der Waals surface area contributed by atoms with Gasteiger partial charge in [-0.15, -0.1) is 0 Å². The summed E-state index contributed by atoms with van der Waals surface area (Å²) in [5, 5.41) is 0. The van der Waals surface area contributed by atoms with E-state index >= 15 is 0 Å². The number of ether oxygens (including phenoxy) is 5. The van der Waals surface area contributed by atoms with E-state index in [1.54, 1.807) is 11.8 Å². The van der Waals surface area contributed by atoms with Crippen molar-refractivity contribution in [3.8, 4) is 0 Å².